The van der Waals surface area contributed by atoms with E-state index in [2.05, 4.69) is 4.98 Å². The molecule has 1 aliphatic carbocycles. The van der Waals surface area contributed by atoms with Gasteiger partial charge in [0.05, 0.1) is 11.8 Å². The molecule has 6 heteroatoms. The Morgan fingerprint density at radius 2 is 2.35 bits per heavy atom. The lowest BCUT2D eigenvalue weighted by molar-refractivity contribution is 0.155. The highest BCUT2D eigenvalue weighted by molar-refractivity contribution is 7.15. The van der Waals surface area contributed by atoms with E-state index in [-0.39, 0.29) is 12.2 Å². The standard InChI is InChI=1S/C17H16N2O3S/c20-14-5-1-4-13-12(14)3-2-6-15(13)22-10-11-9-16(21)19-7-8-23-17(19)18-11/h2-3,6-9,14,20H,1,4-5,10H2/t14-/m1/s1. The van der Waals surface area contributed by atoms with Gasteiger partial charge >= 0.3 is 0 Å². The van der Waals surface area contributed by atoms with Crippen molar-refractivity contribution in [2.75, 3.05) is 0 Å². The van der Waals surface area contributed by atoms with Crippen LogP contribution >= 0.6 is 11.3 Å². The number of fused-ring (bicyclic) bond motifs is 2. The smallest absolute Gasteiger partial charge is 0.258 e. The van der Waals surface area contributed by atoms with E-state index in [9.17, 15) is 9.90 Å². The van der Waals surface area contributed by atoms with E-state index in [1.807, 2.05) is 23.6 Å². The SMILES string of the molecule is O=c1cc(COc2cccc3c2CCC[C@H]3O)nc2sccn12. The zero-order valence-electron chi connectivity index (χ0n) is 12.4. The van der Waals surface area contributed by atoms with Gasteiger partial charge in [0.15, 0.2) is 4.96 Å². The van der Waals surface area contributed by atoms with Gasteiger partial charge in [0.1, 0.15) is 12.4 Å². The Labute approximate surface area is 136 Å². The molecule has 5 nitrogen and oxygen atoms in total. The summed E-state index contributed by atoms with van der Waals surface area (Å²) in [6, 6.07) is 7.26. The maximum absolute atomic E-state index is 12.0. The van der Waals surface area contributed by atoms with Crippen molar-refractivity contribution >= 4 is 16.3 Å². The topological polar surface area (TPSA) is 63.8 Å². The van der Waals surface area contributed by atoms with Gasteiger partial charge in [0.25, 0.3) is 5.56 Å². The molecule has 23 heavy (non-hydrogen) atoms. The van der Waals surface area contributed by atoms with Crippen LogP contribution in [0.1, 0.15) is 35.8 Å². The number of thiazole rings is 1. The average molecular weight is 328 g/mol. The van der Waals surface area contributed by atoms with Crippen LogP contribution in [0.25, 0.3) is 4.96 Å². The fourth-order valence-corrected chi connectivity index (χ4v) is 3.78. The van der Waals surface area contributed by atoms with Crippen LogP contribution in [0.4, 0.5) is 0 Å². The second-order valence-electron chi connectivity index (χ2n) is 5.66. The second kappa shape index (κ2) is 5.79. The van der Waals surface area contributed by atoms with Crippen molar-refractivity contribution < 1.29 is 9.84 Å². The molecular weight excluding hydrogens is 312 g/mol. The Hall–Kier alpha value is -2.18. The number of rotatable bonds is 3. The first kappa shape index (κ1) is 14.4. The minimum Gasteiger partial charge on any atom is -0.487 e. The van der Waals surface area contributed by atoms with E-state index in [1.54, 1.807) is 6.20 Å². The van der Waals surface area contributed by atoms with Crippen molar-refractivity contribution in [3.05, 3.63) is 63.0 Å². The summed E-state index contributed by atoms with van der Waals surface area (Å²) in [5.41, 5.74) is 2.54. The zero-order valence-corrected chi connectivity index (χ0v) is 13.3. The van der Waals surface area contributed by atoms with Crippen LogP contribution in [-0.4, -0.2) is 14.5 Å². The molecule has 1 aromatic carbocycles. The number of ether oxygens (including phenoxy) is 1. The lowest BCUT2D eigenvalue weighted by Gasteiger charge is -2.23. The Kier molecular flexibility index (Phi) is 3.63. The number of benzene rings is 1. The van der Waals surface area contributed by atoms with Gasteiger partial charge in [0, 0.05) is 17.6 Å². The van der Waals surface area contributed by atoms with Crippen molar-refractivity contribution in [3.63, 3.8) is 0 Å². The summed E-state index contributed by atoms with van der Waals surface area (Å²) in [6.45, 7) is 0.246. The number of aromatic nitrogens is 2. The molecule has 0 spiro atoms. The van der Waals surface area contributed by atoms with Crippen molar-refractivity contribution in [1.82, 2.24) is 9.38 Å². The molecule has 0 amide bonds. The number of hydrogen-bond donors (Lipinski definition) is 1. The maximum atomic E-state index is 12.0. The van der Waals surface area contributed by atoms with Crippen LogP contribution in [0.5, 0.6) is 5.75 Å². The highest BCUT2D eigenvalue weighted by Crippen LogP contribution is 2.35. The van der Waals surface area contributed by atoms with Gasteiger partial charge in [-0.2, -0.15) is 0 Å². The summed E-state index contributed by atoms with van der Waals surface area (Å²) in [5, 5.41) is 11.9. The third kappa shape index (κ3) is 2.64. The van der Waals surface area contributed by atoms with Crippen molar-refractivity contribution in [3.8, 4) is 5.75 Å². The van der Waals surface area contributed by atoms with E-state index >= 15 is 0 Å². The zero-order chi connectivity index (χ0) is 15.8. The van der Waals surface area contributed by atoms with E-state index in [4.69, 9.17) is 4.74 Å². The predicted octanol–water partition coefficient (Wildman–Crippen LogP) is 2.70. The van der Waals surface area contributed by atoms with Crippen molar-refractivity contribution in [2.45, 2.75) is 32.0 Å². The van der Waals surface area contributed by atoms with Crippen LogP contribution in [0, 0.1) is 0 Å². The van der Waals surface area contributed by atoms with Crippen molar-refractivity contribution in [2.24, 2.45) is 0 Å². The Morgan fingerprint density at radius 3 is 3.26 bits per heavy atom. The quantitative estimate of drug-likeness (QED) is 0.803. The first-order chi connectivity index (χ1) is 11.2. The first-order valence-corrected chi connectivity index (χ1v) is 8.49. The van der Waals surface area contributed by atoms with Gasteiger partial charge in [-0.25, -0.2) is 4.98 Å². The summed E-state index contributed by atoms with van der Waals surface area (Å²) < 4.78 is 7.42. The summed E-state index contributed by atoms with van der Waals surface area (Å²) in [7, 11) is 0. The van der Waals surface area contributed by atoms with Gasteiger partial charge in [0.2, 0.25) is 0 Å². The monoisotopic (exact) mass is 328 g/mol. The molecule has 0 aliphatic heterocycles. The highest BCUT2D eigenvalue weighted by atomic mass is 32.1. The van der Waals surface area contributed by atoms with Crippen molar-refractivity contribution in [1.29, 1.82) is 0 Å². The molecule has 0 saturated heterocycles. The Bertz CT molecular complexity index is 916. The summed E-state index contributed by atoms with van der Waals surface area (Å²) in [6.07, 6.45) is 3.96. The third-order valence-corrected chi connectivity index (χ3v) is 4.92. The summed E-state index contributed by atoms with van der Waals surface area (Å²) >= 11 is 1.42. The van der Waals surface area contributed by atoms with Gasteiger partial charge in [-0.1, -0.05) is 12.1 Å². The predicted molar refractivity (Wildman–Crippen MR) is 88.0 cm³/mol. The molecule has 3 aromatic rings. The highest BCUT2D eigenvalue weighted by Gasteiger charge is 2.20. The lowest BCUT2D eigenvalue weighted by atomic mass is 9.89. The van der Waals surface area contributed by atoms with Gasteiger partial charge in [-0.3, -0.25) is 9.20 Å². The lowest BCUT2D eigenvalue weighted by Crippen LogP contribution is -2.15. The average Bonchev–Trinajstić information content (AvgIpc) is 3.02. The molecule has 118 valence electrons. The summed E-state index contributed by atoms with van der Waals surface area (Å²) in [5.74, 6) is 0.773. The van der Waals surface area contributed by atoms with Crippen LogP contribution in [0.2, 0.25) is 0 Å². The molecule has 0 unspecified atom stereocenters. The van der Waals surface area contributed by atoms with Crippen LogP contribution < -0.4 is 10.3 Å². The largest absolute Gasteiger partial charge is 0.487 e. The minimum atomic E-state index is -0.410. The van der Waals surface area contributed by atoms with Crippen LogP contribution in [0.3, 0.4) is 0 Å². The second-order valence-corrected chi connectivity index (χ2v) is 6.53. The third-order valence-electron chi connectivity index (χ3n) is 4.16. The molecule has 4 rings (SSSR count). The maximum Gasteiger partial charge on any atom is 0.258 e. The molecule has 1 aliphatic rings. The summed E-state index contributed by atoms with van der Waals surface area (Å²) in [4.78, 5) is 17.1. The van der Waals surface area contributed by atoms with Gasteiger partial charge < -0.3 is 9.84 Å². The molecule has 1 atom stereocenters. The normalized spacial score (nSPS) is 17.2. The molecule has 0 radical (unpaired) electrons. The molecule has 2 heterocycles. The minimum absolute atomic E-state index is 0.0969. The Balaban J connectivity index is 1.61. The number of hydrogen-bond acceptors (Lipinski definition) is 5. The molecular formula is C17H16N2O3S. The van der Waals surface area contributed by atoms with Crippen LogP contribution in [0.15, 0.2) is 40.6 Å². The van der Waals surface area contributed by atoms with E-state index in [0.29, 0.717) is 10.7 Å². The first-order valence-electron chi connectivity index (χ1n) is 7.61. The molecule has 0 bridgehead atoms. The van der Waals surface area contributed by atoms with E-state index in [1.165, 1.54) is 21.8 Å². The van der Waals surface area contributed by atoms with E-state index in [0.717, 1.165) is 36.1 Å². The molecule has 2 aromatic heterocycles. The fourth-order valence-electron chi connectivity index (χ4n) is 3.04. The van der Waals surface area contributed by atoms with Crippen LogP contribution in [-0.2, 0) is 13.0 Å². The number of aliphatic hydroxyl groups excluding tert-OH is 1. The number of aliphatic hydroxyl groups is 1. The van der Waals surface area contributed by atoms with Gasteiger partial charge in [-0.15, -0.1) is 11.3 Å². The van der Waals surface area contributed by atoms with Gasteiger partial charge in [-0.05, 0) is 36.5 Å². The fraction of sp³-hybridized carbons (Fsp3) is 0.294. The van der Waals surface area contributed by atoms with E-state index < -0.39 is 6.10 Å². The molecule has 1 N–H and O–H groups in total. The molecule has 0 fully saturated rings. The Morgan fingerprint density at radius 1 is 1.43 bits per heavy atom. The molecule has 0 saturated carbocycles. The number of nitrogens with zero attached hydrogens (tertiary/aromatic N) is 2.